The molecule has 0 aromatic heterocycles. The summed E-state index contributed by atoms with van der Waals surface area (Å²) in [6.07, 6.45) is 7.04. The molecule has 100 valence electrons. The van der Waals surface area contributed by atoms with Gasteiger partial charge in [-0.15, -0.1) is 0 Å². The molecule has 5 heteroatoms. The maximum atomic E-state index is 12.2. The topological polar surface area (TPSA) is 61.9 Å². The van der Waals surface area contributed by atoms with Gasteiger partial charge >= 0.3 is 0 Å². The summed E-state index contributed by atoms with van der Waals surface area (Å²) in [6, 6.07) is -0.192. The normalized spacial score (nSPS) is 24.7. The molecule has 2 N–H and O–H groups in total. The van der Waals surface area contributed by atoms with Gasteiger partial charge in [0.1, 0.15) is 5.84 Å². The second-order valence-electron chi connectivity index (χ2n) is 5.04. The van der Waals surface area contributed by atoms with Crippen LogP contribution >= 0.6 is 0 Å². The zero-order valence-electron chi connectivity index (χ0n) is 11.7. The maximum Gasteiger partial charge on any atom is 0.244 e. The highest BCUT2D eigenvalue weighted by Crippen LogP contribution is 2.10. The smallest absolute Gasteiger partial charge is 0.244 e. The van der Waals surface area contributed by atoms with Gasteiger partial charge in [-0.2, -0.15) is 0 Å². The molecular weight excluding hydrogens is 228 g/mol. The zero-order chi connectivity index (χ0) is 13.9. The number of likely N-dealkylation sites (N-methyl/N-ethyl adjacent to an activating group) is 2. The first-order chi connectivity index (χ1) is 8.24. The Labute approximate surface area is 109 Å². The number of rotatable bonds is 2. The van der Waals surface area contributed by atoms with Crippen molar-refractivity contribution >= 4 is 11.7 Å². The van der Waals surface area contributed by atoms with Crippen molar-refractivity contribution < 1.29 is 4.79 Å². The van der Waals surface area contributed by atoms with Crippen LogP contribution in [0.25, 0.3) is 0 Å². The molecule has 1 unspecified atom stereocenters. The zero-order valence-corrected chi connectivity index (χ0v) is 11.7. The SMILES string of the molecule is C[C@@H](C(=O)N(C)C1=NC=CC(C)(N)C=C1)N(C)C. The van der Waals surface area contributed by atoms with Gasteiger partial charge < -0.3 is 5.73 Å². The van der Waals surface area contributed by atoms with Crippen LogP contribution in [0, 0.1) is 0 Å². The Balaban J connectivity index is 2.86. The van der Waals surface area contributed by atoms with E-state index < -0.39 is 5.54 Å². The number of nitrogens with two attached hydrogens (primary N) is 1. The first-order valence-electron chi connectivity index (χ1n) is 5.92. The van der Waals surface area contributed by atoms with Gasteiger partial charge in [0.25, 0.3) is 0 Å². The monoisotopic (exact) mass is 250 g/mol. The third-order valence-corrected chi connectivity index (χ3v) is 3.04. The molecule has 0 saturated heterocycles. The lowest BCUT2D eigenvalue weighted by atomic mass is 10.0. The van der Waals surface area contributed by atoms with Crippen molar-refractivity contribution in [3.63, 3.8) is 0 Å². The van der Waals surface area contributed by atoms with E-state index in [-0.39, 0.29) is 11.9 Å². The third kappa shape index (κ3) is 3.51. The molecule has 1 rings (SSSR count). The quantitative estimate of drug-likeness (QED) is 0.780. The van der Waals surface area contributed by atoms with Gasteiger partial charge in [0.15, 0.2) is 0 Å². The second kappa shape index (κ2) is 5.46. The molecule has 0 saturated carbocycles. The van der Waals surface area contributed by atoms with Crippen LogP contribution in [0.4, 0.5) is 0 Å². The summed E-state index contributed by atoms with van der Waals surface area (Å²) < 4.78 is 0. The van der Waals surface area contributed by atoms with E-state index >= 15 is 0 Å². The van der Waals surface area contributed by atoms with Crippen LogP contribution < -0.4 is 5.73 Å². The summed E-state index contributed by atoms with van der Waals surface area (Å²) in [6.45, 7) is 3.74. The van der Waals surface area contributed by atoms with Crippen LogP contribution in [-0.2, 0) is 4.79 Å². The molecule has 5 nitrogen and oxygen atoms in total. The molecular formula is C13H22N4O. The van der Waals surface area contributed by atoms with E-state index in [1.807, 2.05) is 38.9 Å². The summed E-state index contributed by atoms with van der Waals surface area (Å²) in [5.41, 5.74) is 5.44. The molecule has 0 fully saturated rings. The number of aliphatic imine (C=N–C) groups is 1. The summed E-state index contributed by atoms with van der Waals surface area (Å²) in [7, 11) is 5.47. The second-order valence-corrected chi connectivity index (χ2v) is 5.04. The van der Waals surface area contributed by atoms with Crippen molar-refractivity contribution in [2.75, 3.05) is 21.1 Å². The molecule has 1 aliphatic heterocycles. The molecule has 1 amide bonds. The van der Waals surface area contributed by atoms with Crippen molar-refractivity contribution in [2.45, 2.75) is 25.4 Å². The standard InChI is InChI=1S/C13H22N4O/c1-10(16(3)4)12(18)17(5)11-6-7-13(2,14)8-9-15-11/h6-10H,14H2,1-5H3/t10-,13?/m0/s1. The molecule has 0 aromatic rings. The first kappa shape index (κ1) is 14.6. The lowest BCUT2D eigenvalue weighted by Gasteiger charge is -2.25. The van der Waals surface area contributed by atoms with E-state index in [0.29, 0.717) is 5.84 Å². The van der Waals surface area contributed by atoms with Crippen LogP contribution in [-0.4, -0.2) is 54.3 Å². The summed E-state index contributed by atoms with van der Waals surface area (Å²) in [5, 5.41) is 0. The average Bonchev–Trinajstić information content (AvgIpc) is 2.47. The van der Waals surface area contributed by atoms with Crippen molar-refractivity contribution in [3.05, 3.63) is 24.4 Å². The Morgan fingerprint density at radius 3 is 2.56 bits per heavy atom. The van der Waals surface area contributed by atoms with Gasteiger partial charge in [0, 0.05) is 13.2 Å². The van der Waals surface area contributed by atoms with Crippen molar-refractivity contribution in [3.8, 4) is 0 Å². The Morgan fingerprint density at radius 2 is 2.00 bits per heavy atom. The molecule has 0 bridgehead atoms. The lowest BCUT2D eigenvalue weighted by molar-refractivity contribution is -0.130. The number of hydrogen-bond donors (Lipinski definition) is 1. The molecule has 0 radical (unpaired) electrons. The minimum Gasteiger partial charge on any atom is -0.319 e. The fraction of sp³-hybridized carbons (Fsp3) is 0.538. The molecule has 1 heterocycles. The number of carbonyl (C=O) groups is 1. The highest BCUT2D eigenvalue weighted by Gasteiger charge is 2.22. The molecule has 0 aromatic carbocycles. The van der Waals surface area contributed by atoms with Crippen LogP contribution in [0.15, 0.2) is 29.4 Å². The van der Waals surface area contributed by atoms with E-state index in [1.54, 1.807) is 30.3 Å². The number of nitrogens with zero attached hydrogens (tertiary/aromatic N) is 3. The van der Waals surface area contributed by atoms with Gasteiger partial charge in [-0.1, -0.05) is 6.08 Å². The summed E-state index contributed by atoms with van der Waals surface area (Å²) in [4.78, 5) is 19.8. The Kier molecular flexibility index (Phi) is 4.43. The van der Waals surface area contributed by atoms with E-state index in [4.69, 9.17) is 5.73 Å². The third-order valence-electron chi connectivity index (χ3n) is 3.04. The minimum absolute atomic E-state index is 0.00238. The van der Waals surface area contributed by atoms with E-state index in [2.05, 4.69) is 4.99 Å². The Bertz CT molecular complexity index is 407. The van der Waals surface area contributed by atoms with Crippen LogP contribution in [0.5, 0.6) is 0 Å². The molecule has 2 atom stereocenters. The lowest BCUT2D eigenvalue weighted by Crippen LogP contribution is -2.44. The van der Waals surface area contributed by atoms with Gasteiger partial charge in [-0.3, -0.25) is 14.6 Å². The molecule has 1 aliphatic rings. The number of carbonyl (C=O) groups excluding carboxylic acids is 1. The van der Waals surface area contributed by atoms with Gasteiger partial charge in [0.05, 0.1) is 11.6 Å². The predicted molar refractivity (Wildman–Crippen MR) is 74.2 cm³/mol. The highest BCUT2D eigenvalue weighted by molar-refractivity contribution is 6.05. The Morgan fingerprint density at radius 1 is 1.39 bits per heavy atom. The van der Waals surface area contributed by atoms with Gasteiger partial charge in [0.2, 0.25) is 5.91 Å². The number of hydrogen-bond acceptors (Lipinski definition) is 4. The maximum absolute atomic E-state index is 12.2. The van der Waals surface area contributed by atoms with Crippen LogP contribution in [0.1, 0.15) is 13.8 Å². The van der Waals surface area contributed by atoms with Crippen LogP contribution in [0.2, 0.25) is 0 Å². The molecule has 0 spiro atoms. The number of amidine groups is 1. The molecule has 0 aliphatic carbocycles. The van der Waals surface area contributed by atoms with E-state index in [9.17, 15) is 4.79 Å². The predicted octanol–water partition coefficient (Wildman–Crippen LogP) is 0.594. The largest absolute Gasteiger partial charge is 0.319 e. The minimum atomic E-state index is -0.525. The molecule has 18 heavy (non-hydrogen) atoms. The van der Waals surface area contributed by atoms with Gasteiger partial charge in [-0.25, -0.2) is 4.99 Å². The number of amides is 1. The summed E-state index contributed by atoms with van der Waals surface area (Å²) in [5.74, 6) is 0.594. The van der Waals surface area contributed by atoms with Gasteiger partial charge in [-0.05, 0) is 40.1 Å². The summed E-state index contributed by atoms with van der Waals surface area (Å²) >= 11 is 0. The average molecular weight is 250 g/mol. The van der Waals surface area contributed by atoms with Crippen molar-refractivity contribution in [2.24, 2.45) is 10.7 Å². The van der Waals surface area contributed by atoms with Crippen molar-refractivity contribution in [1.29, 1.82) is 0 Å². The fourth-order valence-electron chi connectivity index (χ4n) is 1.44. The first-order valence-corrected chi connectivity index (χ1v) is 5.92. The van der Waals surface area contributed by atoms with E-state index in [1.165, 1.54) is 0 Å². The highest BCUT2D eigenvalue weighted by atomic mass is 16.2. The van der Waals surface area contributed by atoms with Crippen LogP contribution in [0.3, 0.4) is 0 Å². The van der Waals surface area contributed by atoms with E-state index in [0.717, 1.165) is 0 Å². The fourth-order valence-corrected chi connectivity index (χ4v) is 1.44. The van der Waals surface area contributed by atoms with Crippen molar-refractivity contribution in [1.82, 2.24) is 9.80 Å². The Hall–Kier alpha value is -1.46.